The van der Waals surface area contributed by atoms with E-state index in [0.717, 1.165) is 16.6 Å². The number of imidazole rings is 1. The molecule has 0 aliphatic carbocycles. The molecule has 1 unspecified atom stereocenters. The maximum Gasteiger partial charge on any atom is 0.251 e. The van der Waals surface area contributed by atoms with E-state index in [0.29, 0.717) is 24.5 Å². The molecule has 1 heterocycles. The van der Waals surface area contributed by atoms with E-state index in [4.69, 9.17) is 4.98 Å². The van der Waals surface area contributed by atoms with Gasteiger partial charge in [0.15, 0.2) is 0 Å². The molecule has 1 atom stereocenters. The summed E-state index contributed by atoms with van der Waals surface area (Å²) >= 11 is 0. The maximum absolute atomic E-state index is 13.0. The number of aromatic nitrogens is 2. The van der Waals surface area contributed by atoms with Crippen LogP contribution in [0.5, 0.6) is 0 Å². The number of hydrogen-bond donors (Lipinski definition) is 1. The van der Waals surface area contributed by atoms with E-state index >= 15 is 0 Å². The number of hydrogen-bond acceptors (Lipinski definition) is 3. The van der Waals surface area contributed by atoms with Crippen molar-refractivity contribution >= 4 is 22.8 Å². The van der Waals surface area contributed by atoms with Crippen LogP contribution in [0.15, 0.2) is 73.8 Å². The summed E-state index contributed by atoms with van der Waals surface area (Å²) in [4.78, 5) is 32.1. The number of para-hydroxylation sites is 2. The number of carbonyl (C=O) groups is 2. The van der Waals surface area contributed by atoms with Gasteiger partial charge in [-0.05, 0) is 38.1 Å². The van der Waals surface area contributed by atoms with Crippen LogP contribution in [0.3, 0.4) is 0 Å². The highest BCUT2D eigenvalue weighted by atomic mass is 16.2. The summed E-state index contributed by atoms with van der Waals surface area (Å²) in [6.07, 6.45) is 3.39. The average Bonchev–Trinajstić information content (AvgIpc) is 3.12. The van der Waals surface area contributed by atoms with E-state index < -0.39 is 0 Å². The van der Waals surface area contributed by atoms with Gasteiger partial charge in [0.25, 0.3) is 5.91 Å². The average molecular weight is 417 g/mol. The van der Waals surface area contributed by atoms with Gasteiger partial charge in [0.2, 0.25) is 5.91 Å². The number of rotatable bonds is 9. The Labute approximate surface area is 182 Å². The second-order valence-electron chi connectivity index (χ2n) is 7.48. The molecule has 0 aliphatic heterocycles. The van der Waals surface area contributed by atoms with Gasteiger partial charge in [0.05, 0.1) is 17.1 Å². The molecule has 6 nitrogen and oxygen atoms in total. The van der Waals surface area contributed by atoms with Crippen molar-refractivity contribution < 1.29 is 9.59 Å². The zero-order valence-corrected chi connectivity index (χ0v) is 18.0. The summed E-state index contributed by atoms with van der Waals surface area (Å²) in [5, 5.41) is 3.01. The third-order valence-electron chi connectivity index (χ3n) is 5.08. The molecule has 0 radical (unpaired) electrons. The molecule has 3 rings (SSSR count). The summed E-state index contributed by atoms with van der Waals surface area (Å²) in [6, 6.07) is 14.7. The first kappa shape index (κ1) is 22.0. The van der Waals surface area contributed by atoms with Crippen LogP contribution in [0.25, 0.3) is 11.0 Å². The SMILES string of the molecule is C=CCN(CC=C)C(=O)Cn1c(C(C)NC(=O)c2ccc(C)cc2)nc2ccccc21. The minimum absolute atomic E-state index is 0.0683. The Hall–Kier alpha value is -3.67. The Kier molecular flexibility index (Phi) is 7.03. The van der Waals surface area contributed by atoms with Crippen molar-refractivity contribution in [2.75, 3.05) is 13.1 Å². The lowest BCUT2D eigenvalue weighted by atomic mass is 10.1. The lowest BCUT2D eigenvalue weighted by Gasteiger charge is -2.22. The van der Waals surface area contributed by atoms with Crippen molar-refractivity contribution in [3.8, 4) is 0 Å². The number of amides is 2. The van der Waals surface area contributed by atoms with Crippen molar-refractivity contribution in [2.45, 2.75) is 26.4 Å². The lowest BCUT2D eigenvalue weighted by Crippen LogP contribution is -2.35. The first-order valence-corrected chi connectivity index (χ1v) is 10.3. The molecule has 1 N–H and O–H groups in total. The highest BCUT2D eigenvalue weighted by Crippen LogP contribution is 2.21. The zero-order chi connectivity index (χ0) is 22.4. The van der Waals surface area contributed by atoms with Crippen LogP contribution < -0.4 is 5.32 Å². The lowest BCUT2D eigenvalue weighted by molar-refractivity contribution is -0.130. The molecule has 0 aliphatic rings. The predicted octanol–water partition coefficient (Wildman–Crippen LogP) is 4.04. The van der Waals surface area contributed by atoms with E-state index in [-0.39, 0.29) is 24.4 Å². The van der Waals surface area contributed by atoms with Crippen LogP contribution in [0.4, 0.5) is 0 Å². The second-order valence-corrected chi connectivity index (χ2v) is 7.48. The van der Waals surface area contributed by atoms with Crippen LogP contribution in [-0.2, 0) is 11.3 Å². The smallest absolute Gasteiger partial charge is 0.251 e. The monoisotopic (exact) mass is 416 g/mol. The van der Waals surface area contributed by atoms with Crippen molar-refractivity contribution in [1.82, 2.24) is 19.8 Å². The van der Waals surface area contributed by atoms with Crippen molar-refractivity contribution in [3.63, 3.8) is 0 Å². The van der Waals surface area contributed by atoms with Gasteiger partial charge >= 0.3 is 0 Å². The van der Waals surface area contributed by atoms with E-state index in [1.807, 2.05) is 54.8 Å². The van der Waals surface area contributed by atoms with Gasteiger partial charge in [-0.15, -0.1) is 13.2 Å². The summed E-state index contributed by atoms with van der Waals surface area (Å²) in [6.45, 7) is 12.3. The Morgan fingerprint density at radius 3 is 2.39 bits per heavy atom. The Bertz CT molecular complexity index is 1090. The minimum Gasteiger partial charge on any atom is -0.342 e. The fraction of sp³-hybridized carbons (Fsp3) is 0.240. The highest BCUT2D eigenvalue weighted by Gasteiger charge is 2.22. The first-order chi connectivity index (χ1) is 14.9. The van der Waals surface area contributed by atoms with Crippen LogP contribution in [0.1, 0.15) is 34.7 Å². The number of nitrogens with one attached hydrogen (secondary N) is 1. The van der Waals surface area contributed by atoms with Gasteiger partial charge in [-0.3, -0.25) is 9.59 Å². The molecule has 0 fully saturated rings. The number of fused-ring (bicyclic) bond motifs is 1. The molecule has 0 saturated carbocycles. The highest BCUT2D eigenvalue weighted by molar-refractivity contribution is 5.94. The normalized spacial score (nSPS) is 11.7. The molecule has 6 heteroatoms. The van der Waals surface area contributed by atoms with Gasteiger partial charge < -0.3 is 14.8 Å². The zero-order valence-electron chi connectivity index (χ0n) is 18.0. The van der Waals surface area contributed by atoms with Gasteiger partial charge in [-0.25, -0.2) is 4.98 Å². The van der Waals surface area contributed by atoms with Crippen LogP contribution in [0, 0.1) is 6.92 Å². The third-order valence-corrected chi connectivity index (χ3v) is 5.08. The van der Waals surface area contributed by atoms with E-state index in [9.17, 15) is 9.59 Å². The predicted molar refractivity (Wildman–Crippen MR) is 124 cm³/mol. The van der Waals surface area contributed by atoms with Crippen LogP contribution >= 0.6 is 0 Å². The number of aryl methyl sites for hydroxylation is 1. The minimum atomic E-state index is -0.388. The Balaban J connectivity index is 1.90. The number of benzene rings is 2. The van der Waals surface area contributed by atoms with Crippen molar-refractivity contribution in [3.05, 3.63) is 90.8 Å². The molecule has 2 amide bonds. The first-order valence-electron chi connectivity index (χ1n) is 10.3. The van der Waals surface area contributed by atoms with Crippen molar-refractivity contribution in [2.24, 2.45) is 0 Å². The number of carbonyl (C=O) groups excluding carboxylic acids is 2. The molecule has 2 aromatic carbocycles. The maximum atomic E-state index is 13.0. The molecule has 0 spiro atoms. The van der Waals surface area contributed by atoms with Gasteiger partial charge in [0, 0.05) is 18.7 Å². The fourth-order valence-electron chi connectivity index (χ4n) is 3.47. The molecular formula is C25H28N4O2. The van der Waals surface area contributed by atoms with E-state index in [1.54, 1.807) is 29.2 Å². The molecular weight excluding hydrogens is 388 g/mol. The van der Waals surface area contributed by atoms with Gasteiger partial charge in [0.1, 0.15) is 12.4 Å². The van der Waals surface area contributed by atoms with Gasteiger partial charge in [-0.2, -0.15) is 0 Å². The third kappa shape index (κ3) is 5.09. The van der Waals surface area contributed by atoms with Gasteiger partial charge in [-0.1, -0.05) is 42.0 Å². The topological polar surface area (TPSA) is 67.2 Å². The Morgan fingerprint density at radius 1 is 1.10 bits per heavy atom. The summed E-state index contributed by atoms with van der Waals surface area (Å²) < 4.78 is 1.87. The summed E-state index contributed by atoms with van der Waals surface area (Å²) in [5.74, 6) is 0.380. The van der Waals surface area contributed by atoms with Crippen molar-refractivity contribution in [1.29, 1.82) is 0 Å². The quantitative estimate of drug-likeness (QED) is 0.536. The largest absolute Gasteiger partial charge is 0.342 e. The molecule has 160 valence electrons. The summed E-state index contributed by atoms with van der Waals surface area (Å²) in [5.41, 5.74) is 3.30. The Morgan fingerprint density at radius 2 is 1.74 bits per heavy atom. The fourth-order valence-corrected chi connectivity index (χ4v) is 3.47. The standard InChI is InChI=1S/C25H28N4O2/c1-5-15-28(16-6-2)23(30)17-29-22-10-8-7-9-21(22)27-24(29)19(4)26-25(31)20-13-11-18(3)12-14-20/h5-14,19H,1-2,15-17H2,3-4H3,(H,26,31). The molecule has 1 aromatic heterocycles. The number of nitrogens with zero attached hydrogens (tertiary/aromatic N) is 3. The van der Waals surface area contributed by atoms with Crippen LogP contribution in [0.2, 0.25) is 0 Å². The molecule has 31 heavy (non-hydrogen) atoms. The molecule has 0 bridgehead atoms. The molecule has 3 aromatic rings. The molecule has 0 saturated heterocycles. The second kappa shape index (κ2) is 9.89. The van der Waals surface area contributed by atoms with E-state index in [2.05, 4.69) is 18.5 Å². The van der Waals surface area contributed by atoms with Crippen LogP contribution in [-0.4, -0.2) is 39.4 Å². The van der Waals surface area contributed by atoms with E-state index in [1.165, 1.54) is 0 Å². The summed E-state index contributed by atoms with van der Waals surface area (Å²) in [7, 11) is 0.